The van der Waals surface area contributed by atoms with Crippen molar-refractivity contribution in [3.63, 3.8) is 0 Å². The molecule has 0 bridgehead atoms. The van der Waals surface area contributed by atoms with Crippen molar-refractivity contribution in [2.75, 3.05) is 37.6 Å². The molecule has 1 aromatic rings. The third kappa shape index (κ3) is 2.50. The molecule has 0 N–H and O–H groups in total. The van der Waals surface area contributed by atoms with Crippen LogP contribution in [0.1, 0.15) is 5.56 Å². The standard InChI is InChI=1S/C12H16N4/c1-11-2-4-14-12(10-11)16-8-6-15(5-3-13)7-9-16/h2,4,10H,5-9H2,1H3. The van der Waals surface area contributed by atoms with E-state index in [1.807, 2.05) is 12.3 Å². The largest absolute Gasteiger partial charge is 0.354 e. The minimum absolute atomic E-state index is 0.537. The zero-order valence-corrected chi connectivity index (χ0v) is 9.56. The highest BCUT2D eigenvalue weighted by Gasteiger charge is 2.17. The molecular weight excluding hydrogens is 200 g/mol. The molecule has 0 radical (unpaired) electrons. The molecule has 0 aromatic carbocycles. The highest BCUT2D eigenvalue weighted by atomic mass is 15.3. The van der Waals surface area contributed by atoms with Crippen molar-refractivity contribution in [2.45, 2.75) is 6.92 Å². The Hall–Kier alpha value is -1.60. The molecule has 1 fully saturated rings. The van der Waals surface area contributed by atoms with Crippen LogP contribution in [-0.2, 0) is 0 Å². The van der Waals surface area contributed by atoms with E-state index in [1.165, 1.54) is 5.56 Å². The highest BCUT2D eigenvalue weighted by molar-refractivity contribution is 5.41. The molecule has 1 saturated heterocycles. The second-order valence-corrected chi connectivity index (χ2v) is 4.11. The van der Waals surface area contributed by atoms with Gasteiger partial charge in [-0.05, 0) is 24.6 Å². The lowest BCUT2D eigenvalue weighted by atomic mass is 10.2. The first-order chi connectivity index (χ1) is 7.79. The normalized spacial score (nSPS) is 17.1. The number of aryl methyl sites for hydroxylation is 1. The quantitative estimate of drug-likeness (QED) is 0.693. The molecule has 16 heavy (non-hydrogen) atoms. The Labute approximate surface area is 96.1 Å². The molecule has 0 atom stereocenters. The van der Waals surface area contributed by atoms with Crippen molar-refractivity contribution in [1.29, 1.82) is 5.26 Å². The topological polar surface area (TPSA) is 43.2 Å². The zero-order chi connectivity index (χ0) is 11.4. The maximum absolute atomic E-state index is 8.62. The van der Waals surface area contributed by atoms with Crippen molar-refractivity contribution >= 4 is 5.82 Å². The van der Waals surface area contributed by atoms with Crippen molar-refractivity contribution < 1.29 is 0 Å². The lowest BCUT2D eigenvalue weighted by Gasteiger charge is -2.34. The lowest BCUT2D eigenvalue weighted by molar-refractivity contribution is 0.286. The van der Waals surface area contributed by atoms with E-state index in [4.69, 9.17) is 5.26 Å². The fourth-order valence-electron chi connectivity index (χ4n) is 1.93. The summed E-state index contributed by atoms with van der Waals surface area (Å²) < 4.78 is 0. The second-order valence-electron chi connectivity index (χ2n) is 4.11. The third-order valence-corrected chi connectivity index (χ3v) is 2.89. The predicted octanol–water partition coefficient (Wildman–Crippen LogP) is 1.04. The van der Waals surface area contributed by atoms with Gasteiger partial charge >= 0.3 is 0 Å². The number of anilines is 1. The molecule has 84 valence electrons. The number of pyridine rings is 1. The SMILES string of the molecule is Cc1ccnc(N2CCN(CC#N)CC2)c1. The molecule has 2 heterocycles. The van der Waals surface area contributed by atoms with Gasteiger partial charge < -0.3 is 4.90 Å². The Kier molecular flexibility index (Phi) is 3.37. The Morgan fingerprint density at radius 1 is 1.38 bits per heavy atom. The molecule has 1 aliphatic rings. The van der Waals surface area contributed by atoms with Crippen LogP contribution in [0.15, 0.2) is 18.3 Å². The fraction of sp³-hybridized carbons (Fsp3) is 0.500. The van der Waals surface area contributed by atoms with E-state index in [1.54, 1.807) is 0 Å². The molecule has 2 rings (SSSR count). The molecule has 0 saturated carbocycles. The summed E-state index contributed by atoms with van der Waals surface area (Å²) in [7, 11) is 0. The first-order valence-corrected chi connectivity index (χ1v) is 5.56. The molecule has 0 spiro atoms. The number of piperazine rings is 1. The Morgan fingerprint density at radius 3 is 2.75 bits per heavy atom. The Bertz CT molecular complexity index is 388. The van der Waals surface area contributed by atoms with E-state index in [9.17, 15) is 0 Å². The van der Waals surface area contributed by atoms with Crippen LogP contribution in [0.5, 0.6) is 0 Å². The minimum Gasteiger partial charge on any atom is -0.354 e. The summed E-state index contributed by atoms with van der Waals surface area (Å²) in [6.45, 7) is 6.43. The van der Waals surface area contributed by atoms with E-state index in [0.29, 0.717) is 6.54 Å². The van der Waals surface area contributed by atoms with E-state index in [-0.39, 0.29) is 0 Å². The zero-order valence-electron chi connectivity index (χ0n) is 9.56. The number of hydrogen-bond acceptors (Lipinski definition) is 4. The van der Waals surface area contributed by atoms with Crippen molar-refractivity contribution in [2.24, 2.45) is 0 Å². The highest BCUT2D eigenvalue weighted by Crippen LogP contribution is 2.14. The molecule has 0 unspecified atom stereocenters. The molecule has 0 aliphatic carbocycles. The summed E-state index contributed by atoms with van der Waals surface area (Å²) in [6, 6.07) is 6.31. The fourth-order valence-corrected chi connectivity index (χ4v) is 1.93. The molecule has 4 heteroatoms. The summed E-state index contributed by atoms with van der Waals surface area (Å²) >= 11 is 0. The van der Waals surface area contributed by atoms with Gasteiger partial charge in [0.05, 0.1) is 12.6 Å². The monoisotopic (exact) mass is 216 g/mol. The van der Waals surface area contributed by atoms with Crippen LogP contribution in [0.3, 0.4) is 0 Å². The van der Waals surface area contributed by atoms with Crippen LogP contribution >= 0.6 is 0 Å². The predicted molar refractivity (Wildman–Crippen MR) is 63.2 cm³/mol. The number of hydrogen-bond donors (Lipinski definition) is 0. The van der Waals surface area contributed by atoms with Crippen LogP contribution in [-0.4, -0.2) is 42.6 Å². The molecular formula is C12H16N4. The Morgan fingerprint density at radius 2 is 2.12 bits per heavy atom. The first kappa shape index (κ1) is 10.9. The van der Waals surface area contributed by atoms with Gasteiger partial charge in [-0.25, -0.2) is 4.98 Å². The van der Waals surface area contributed by atoms with Crippen molar-refractivity contribution in [3.05, 3.63) is 23.9 Å². The van der Waals surface area contributed by atoms with Gasteiger partial charge in [-0.2, -0.15) is 5.26 Å². The maximum Gasteiger partial charge on any atom is 0.128 e. The van der Waals surface area contributed by atoms with Gasteiger partial charge in [0.1, 0.15) is 5.82 Å². The third-order valence-electron chi connectivity index (χ3n) is 2.89. The van der Waals surface area contributed by atoms with Crippen LogP contribution in [0.2, 0.25) is 0 Å². The first-order valence-electron chi connectivity index (χ1n) is 5.56. The lowest BCUT2D eigenvalue weighted by Crippen LogP contribution is -2.46. The summed E-state index contributed by atoms with van der Waals surface area (Å²) in [5.74, 6) is 1.05. The van der Waals surface area contributed by atoms with Crippen LogP contribution in [0.4, 0.5) is 5.82 Å². The second kappa shape index (κ2) is 4.95. The number of aromatic nitrogens is 1. The van der Waals surface area contributed by atoms with E-state index < -0.39 is 0 Å². The molecule has 1 aliphatic heterocycles. The van der Waals surface area contributed by atoms with Gasteiger partial charge in [0, 0.05) is 32.4 Å². The molecule has 1 aromatic heterocycles. The van der Waals surface area contributed by atoms with Crippen molar-refractivity contribution in [3.8, 4) is 6.07 Å². The Balaban J connectivity index is 1.97. The average molecular weight is 216 g/mol. The van der Waals surface area contributed by atoms with E-state index in [2.05, 4.69) is 33.8 Å². The maximum atomic E-state index is 8.62. The molecule has 0 amide bonds. The van der Waals surface area contributed by atoms with Crippen LogP contribution < -0.4 is 4.90 Å². The van der Waals surface area contributed by atoms with Crippen molar-refractivity contribution in [1.82, 2.24) is 9.88 Å². The smallest absolute Gasteiger partial charge is 0.128 e. The van der Waals surface area contributed by atoms with Gasteiger partial charge in [-0.3, -0.25) is 4.90 Å². The average Bonchev–Trinajstić information content (AvgIpc) is 2.30. The summed E-state index contributed by atoms with van der Waals surface area (Å²) in [5, 5.41) is 8.62. The van der Waals surface area contributed by atoms with Gasteiger partial charge in [0.2, 0.25) is 0 Å². The van der Waals surface area contributed by atoms with Gasteiger partial charge in [0.15, 0.2) is 0 Å². The van der Waals surface area contributed by atoms with Gasteiger partial charge in [-0.1, -0.05) is 0 Å². The number of rotatable bonds is 2. The summed E-state index contributed by atoms with van der Waals surface area (Å²) in [5.41, 5.74) is 1.24. The summed E-state index contributed by atoms with van der Waals surface area (Å²) in [4.78, 5) is 8.83. The van der Waals surface area contributed by atoms with Crippen LogP contribution in [0, 0.1) is 18.3 Å². The van der Waals surface area contributed by atoms with E-state index >= 15 is 0 Å². The number of nitrogens with zero attached hydrogens (tertiary/aromatic N) is 4. The molecule has 4 nitrogen and oxygen atoms in total. The minimum atomic E-state index is 0.537. The van der Waals surface area contributed by atoms with E-state index in [0.717, 1.165) is 32.0 Å². The van der Waals surface area contributed by atoms with Crippen LogP contribution in [0.25, 0.3) is 0 Å². The summed E-state index contributed by atoms with van der Waals surface area (Å²) in [6.07, 6.45) is 1.85. The van der Waals surface area contributed by atoms with Gasteiger partial charge in [0.25, 0.3) is 0 Å². The van der Waals surface area contributed by atoms with Gasteiger partial charge in [-0.15, -0.1) is 0 Å². The number of nitriles is 1.